The summed E-state index contributed by atoms with van der Waals surface area (Å²) in [5.41, 5.74) is 2.20. The minimum absolute atomic E-state index is 0.303. The quantitative estimate of drug-likeness (QED) is 0.813. The van der Waals surface area contributed by atoms with E-state index in [0.29, 0.717) is 11.3 Å². The van der Waals surface area contributed by atoms with Gasteiger partial charge in [-0.05, 0) is 37.6 Å². The van der Waals surface area contributed by atoms with E-state index < -0.39 is 0 Å². The van der Waals surface area contributed by atoms with E-state index >= 15 is 0 Å². The van der Waals surface area contributed by atoms with Gasteiger partial charge in [-0.25, -0.2) is 0 Å². The third-order valence-corrected chi connectivity index (χ3v) is 3.12. The van der Waals surface area contributed by atoms with Crippen molar-refractivity contribution >= 4 is 15.9 Å². The first kappa shape index (κ1) is 12.5. The zero-order valence-corrected chi connectivity index (χ0v) is 11.5. The Morgan fingerprint density at radius 1 is 1.33 bits per heavy atom. The molecule has 0 N–H and O–H groups in total. The van der Waals surface area contributed by atoms with Crippen LogP contribution in [0.1, 0.15) is 16.8 Å². The maximum atomic E-state index is 11.9. The van der Waals surface area contributed by atoms with Crippen molar-refractivity contribution in [1.82, 2.24) is 9.78 Å². The normalized spacial score (nSPS) is 10.1. The number of benzene rings is 1. The second-order valence-corrected chi connectivity index (χ2v) is 4.85. The van der Waals surface area contributed by atoms with E-state index in [4.69, 9.17) is 5.26 Å². The second kappa shape index (κ2) is 4.75. The van der Waals surface area contributed by atoms with Crippen molar-refractivity contribution in [1.29, 1.82) is 5.26 Å². The molecule has 1 heterocycles. The first-order chi connectivity index (χ1) is 8.52. The van der Waals surface area contributed by atoms with Crippen molar-refractivity contribution in [2.75, 3.05) is 0 Å². The topological polar surface area (TPSA) is 58.7 Å². The van der Waals surface area contributed by atoms with E-state index in [1.807, 2.05) is 31.2 Å². The molecule has 1 aromatic heterocycles. The molecule has 4 nitrogen and oxygen atoms in total. The lowest BCUT2D eigenvalue weighted by Crippen LogP contribution is -2.22. The monoisotopic (exact) mass is 303 g/mol. The largest absolute Gasteiger partial charge is 0.272 e. The minimum atomic E-state index is -0.303. The van der Waals surface area contributed by atoms with Crippen molar-refractivity contribution in [3.8, 4) is 11.8 Å². The Labute approximate surface area is 113 Å². The van der Waals surface area contributed by atoms with Gasteiger partial charge in [-0.3, -0.25) is 4.79 Å². The fourth-order valence-corrected chi connectivity index (χ4v) is 2.16. The molecule has 90 valence electrons. The van der Waals surface area contributed by atoms with Gasteiger partial charge in [-0.2, -0.15) is 15.0 Å². The third kappa shape index (κ3) is 2.20. The van der Waals surface area contributed by atoms with E-state index in [-0.39, 0.29) is 5.56 Å². The highest BCUT2D eigenvalue weighted by Gasteiger charge is 2.08. The molecule has 2 rings (SSSR count). The summed E-state index contributed by atoms with van der Waals surface area (Å²) in [6.45, 7) is 3.62. The Morgan fingerprint density at radius 2 is 2.06 bits per heavy atom. The molecule has 0 aliphatic rings. The van der Waals surface area contributed by atoms with Gasteiger partial charge in [0.2, 0.25) is 0 Å². The molecule has 0 saturated heterocycles. The SMILES string of the molecule is Cc1cc(Br)ccc1-n1nc(C)c(C#N)cc1=O. The van der Waals surface area contributed by atoms with Gasteiger partial charge in [0, 0.05) is 10.5 Å². The molecule has 0 unspecified atom stereocenters. The van der Waals surface area contributed by atoms with Gasteiger partial charge in [0.1, 0.15) is 6.07 Å². The smallest absolute Gasteiger partial charge is 0.267 e. The number of halogens is 1. The van der Waals surface area contributed by atoms with E-state index in [1.54, 1.807) is 6.92 Å². The maximum absolute atomic E-state index is 11.9. The predicted octanol–water partition coefficient (Wildman–Crippen LogP) is 2.48. The van der Waals surface area contributed by atoms with E-state index in [2.05, 4.69) is 21.0 Å². The number of aromatic nitrogens is 2. The summed E-state index contributed by atoms with van der Waals surface area (Å²) in [6.07, 6.45) is 0. The Morgan fingerprint density at radius 3 is 2.67 bits per heavy atom. The highest BCUT2D eigenvalue weighted by atomic mass is 79.9. The first-order valence-corrected chi connectivity index (χ1v) is 6.10. The molecule has 0 aliphatic carbocycles. The van der Waals surface area contributed by atoms with Crippen LogP contribution < -0.4 is 5.56 Å². The molecule has 0 spiro atoms. The molecule has 1 aromatic carbocycles. The lowest BCUT2D eigenvalue weighted by atomic mass is 10.2. The Bertz CT molecular complexity index is 713. The lowest BCUT2D eigenvalue weighted by molar-refractivity contribution is 0.777. The molecule has 0 bridgehead atoms. The van der Waals surface area contributed by atoms with Gasteiger partial charge in [0.05, 0.1) is 16.9 Å². The van der Waals surface area contributed by atoms with Gasteiger partial charge in [-0.15, -0.1) is 0 Å². The van der Waals surface area contributed by atoms with Crippen molar-refractivity contribution in [3.05, 3.63) is 55.9 Å². The van der Waals surface area contributed by atoms with Crippen LogP contribution in [0.2, 0.25) is 0 Å². The van der Waals surface area contributed by atoms with Gasteiger partial charge in [-0.1, -0.05) is 15.9 Å². The Kier molecular flexibility index (Phi) is 3.30. The molecule has 2 aromatic rings. The molecule has 5 heteroatoms. The Balaban J connectivity index is 2.69. The molecule has 0 saturated carbocycles. The highest BCUT2D eigenvalue weighted by Crippen LogP contribution is 2.17. The number of rotatable bonds is 1. The summed E-state index contributed by atoms with van der Waals surface area (Å²) < 4.78 is 2.26. The fraction of sp³-hybridized carbons (Fsp3) is 0.154. The second-order valence-electron chi connectivity index (χ2n) is 3.94. The number of nitriles is 1. The zero-order valence-electron chi connectivity index (χ0n) is 9.94. The van der Waals surface area contributed by atoms with Crippen LogP contribution in [0.15, 0.2) is 33.5 Å². The van der Waals surface area contributed by atoms with Crippen molar-refractivity contribution in [2.45, 2.75) is 13.8 Å². The molecule has 0 radical (unpaired) electrons. The van der Waals surface area contributed by atoms with Crippen LogP contribution in [-0.4, -0.2) is 9.78 Å². The van der Waals surface area contributed by atoms with Gasteiger partial charge >= 0.3 is 0 Å². The van der Waals surface area contributed by atoms with E-state index in [9.17, 15) is 4.79 Å². The number of nitrogens with zero attached hydrogens (tertiary/aromatic N) is 3. The number of hydrogen-bond acceptors (Lipinski definition) is 3. The van der Waals surface area contributed by atoms with Crippen LogP contribution in [0.3, 0.4) is 0 Å². The maximum Gasteiger partial charge on any atom is 0.272 e. The summed E-state index contributed by atoms with van der Waals surface area (Å²) in [4.78, 5) is 11.9. The van der Waals surface area contributed by atoms with Crippen LogP contribution in [0.25, 0.3) is 5.69 Å². The predicted molar refractivity (Wildman–Crippen MR) is 71.7 cm³/mol. The van der Waals surface area contributed by atoms with Gasteiger partial charge < -0.3 is 0 Å². The average molecular weight is 304 g/mol. The third-order valence-electron chi connectivity index (χ3n) is 2.62. The summed E-state index contributed by atoms with van der Waals surface area (Å²) in [5.74, 6) is 0. The molecule has 18 heavy (non-hydrogen) atoms. The molecule has 0 amide bonds. The van der Waals surface area contributed by atoms with E-state index in [1.165, 1.54) is 10.7 Å². The first-order valence-electron chi connectivity index (χ1n) is 5.30. The number of aryl methyl sites for hydroxylation is 2. The summed E-state index contributed by atoms with van der Waals surface area (Å²) in [5, 5.41) is 13.0. The summed E-state index contributed by atoms with van der Waals surface area (Å²) >= 11 is 3.37. The average Bonchev–Trinajstić information content (AvgIpc) is 2.32. The van der Waals surface area contributed by atoms with E-state index in [0.717, 1.165) is 15.7 Å². The van der Waals surface area contributed by atoms with Crippen LogP contribution in [0, 0.1) is 25.2 Å². The van der Waals surface area contributed by atoms with Crippen LogP contribution in [0.5, 0.6) is 0 Å². The summed E-state index contributed by atoms with van der Waals surface area (Å²) in [7, 11) is 0. The molecular formula is C13H10BrN3O. The fourth-order valence-electron chi connectivity index (χ4n) is 1.68. The van der Waals surface area contributed by atoms with Crippen LogP contribution in [0.4, 0.5) is 0 Å². The molecular weight excluding hydrogens is 294 g/mol. The van der Waals surface area contributed by atoms with Crippen molar-refractivity contribution < 1.29 is 0 Å². The molecule has 0 aliphatic heterocycles. The Hall–Kier alpha value is -1.93. The van der Waals surface area contributed by atoms with Crippen molar-refractivity contribution in [3.63, 3.8) is 0 Å². The zero-order chi connectivity index (χ0) is 13.3. The standard InChI is InChI=1S/C13H10BrN3O/c1-8-5-11(14)3-4-12(8)17-13(18)6-10(7-15)9(2)16-17/h3-6H,1-2H3. The highest BCUT2D eigenvalue weighted by molar-refractivity contribution is 9.10. The van der Waals surface area contributed by atoms with Gasteiger partial charge in [0.15, 0.2) is 0 Å². The minimum Gasteiger partial charge on any atom is -0.267 e. The van der Waals surface area contributed by atoms with Crippen LogP contribution in [-0.2, 0) is 0 Å². The van der Waals surface area contributed by atoms with Crippen molar-refractivity contribution in [2.24, 2.45) is 0 Å². The summed E-state index contributed by atoms with van der Waals surface area (Å²) in [6, 6.07) is 8.85. The van der Waals surface area contributed by atoms with Gasteiger partial charge in [0.25, 0.3) is 5.56 Å². The number of hydrogen-bond donors (Lipinski definition) is 0. The lowest BCUT2D eigenvalue weighted by Gasteiger charge is -2.09. The molecule has 0 atom stereocenters. The van der Waals surface area contributed by atoms with Crippen LogP contribution >= 0.6 is 15.9 Å². The molecule has 0 fully saturated rings.